The quantitative estimate of drug-likeness (QED) is 0.183. The van der Waals surface area contributed by atoms with Crippen molar-refractivity contribution in [2.24, 2.45) is 17.3 Å². The maximum atomic E-state index is 11.3. The van der Waals surface area contributed by atoms with E-state index < -0.39 is 0 Å². The largest absolute Gasteiger partial charge is 0.469 e. The van der Waals surface area contributed by atoms with Gasteiger partial charge >= 0.3 is 5.97 Å². The zero-order valence-electron chi connectivity index (χ0n) is 21.2. The molecule has 1 aromatic rings. The second-order valence-electron chi connectivity index (χ2n) is 10.2. The van der Waals surface area contributed by atoms with Crippen LogP contribution in [0.2, 0.25) is 0 Å². The van der Waals surface area contributed by atoms with Crippen LogP contribution < -0.4 is 0 Å². The number of hydrogen-bond acceptors (Lipinski definition) is 4. The zero-order chi connectivity index (χ0) is 24.2. The fourth-order valence-electron chi connectivity index (χ4n) is 5.81. The highest BCUT2D eigenvalue weighted by atomic mass is 16.5. The molecule has 0 aromatic heterocycles. The average molecular weight is 469 g/mol. The summed E-state index contributed by atoms with van der Waals surface area (Å²) in [7, 11) is 1.44. The third-order valence-corrected chi connectivity index (χ3v) is 7.82. The monoisotopic (exact) mass is 468 g/mol. The minimum absolute atomic E-state index is 0.138. The molecule has 1 saturated carbocycles. The third kappa shape index (κ3) is 7.55. The van der Waals surface area contributed by atoms with Gasteiger partial charge in [0.25, 0.3) is 0 Å². The van der Waals surface area contributed by atoms with Gasteiger partial charge in [0, 0.05) is 17.8 Å². The minimum atomic E-state index is -0.361. The fraction of sp³-hybridized carbons (Fsp3) is 0.633. The molecule has 1 aliphatic carbocycles. The Bertz CT molecular complexity index is 786. The zero-order valence-corrected chi connectivity index (χ0v) is 21.2. The van der Waals surface area contributed by atoms with Gasteiger partial charge in [-0.05, 0) is 56.4 Å². The van der Waals surface area contributed by atoms with Crippen LogP contribution in [0.3, 0.4) is 0 Å². The van der Waals surface area contributed by atoms with Crippen LogP contribution in [-0.2, 0) is 20.7 Å². The van der Waals surface area contributed by atoms with Gasteiger partial charge in [0.15, 0.2) is 0 Å². The number of allylic oxidation sites excluding steroid dienone is 2. The van der Waals surface area contributed by atoms with Gasteiger partial charge in [-0.15, -0.1) is 0 Å². The van der Waals surface area contributed by atoms with Crippen LogP contribution in [0.5, 0.6) is 0 Å². The highest BCUT2D eigenvalue weighted by Gasteiger charge is 2.56. The molecule has 0 unspecified atom stereocenters. The Morgan fingerprint density at radius 3 is 2.82 bits per heavy atom. The van der Waals surface area contributed by atoms with Crippen LogP contribution in [0.4, 0.5) is 0 Å². The number of methoxy groups -OCH3 is 1. The number of esters is 1. The first kappa shape index (κ1) is 26.7. The van der Waals surface area contributed by atoms with E-state index in [0.29, 0.717) is 18.3 Å². The van der Waals surface area contributed by atoms with E-state index in [1.165, 1.54) is 25.5 Å². The first-order chi connectivity index (χ1) is 16.6. The molecule has 188 valence electrons. The highest BCUT2D eigenvalue weighted by molar-refractivity contribution is 5.69. The van der Waals surface area contributed by atoms with Gasteiger partial charge in [-0.3, -0.25) is 4.79 Å². The number of hydrogen-bond donors (Lipinski definition) is 1. The van der Waals surface area contributed by atoms with Crippen molar-refractivity contribution in [3.05, 3.63) is 60.2 Å². The lowest BCUT2D eigenvalue weighted by atomic mass is 9.70. The number of unbranched alkanes of at least 4 members (excludes halogenated alkanes) is 3. The van der Waals surface area contributed by atoms with E-state index in [4.69, 9.17) is 9.47 Å². The molecular weight excluding hydrogens is 424 g/mol. The molecular formula is C30H44O4. The summed E-state index contributed by atoms with van der Waals surface area (Å²) in [6, 6.07) is 10.8. The Labute approximate surface area is 206 Å². The van der Waals surface area contributed by atoms with Crippen LogP contribution in [0.15, 0.2) is 54.6 Å². The summed E-state index contributed by atoms with van der Waals surface area (Å²) in [6.07, 6.45) is 19.5. The maximum absolute atomic E-state index is 11.3. The van der Waals surface area contributed by atoms with Crippen LogP contribution in [0, 0.1) is 17.3 Å². The Balaban J connectivity index is 1.64. The predicted octanol–water partition coefficient (Wildman–Crippen LogP) is 6.43. The van der Waals surface area contributed by atoms with E-state index >= 15 is 0 Å². The molecule has 1 N–H and O–H groups in total. The smallest absolute Gasteiger partial charge is 0.305 e. The van der Waals surface area contributed by atoms with Gasteiger partial charge in [0.2, 0.25) is 0 Å². The van der Waals surface area contributed by atoms with Gasteiger partial charge in [0.05, 0.1) is 25.9 Å². The molecule has 1 heterocycles. The van der Waals surface area contributed by atoms with Crippen molar-refractivity contribution in [2.45, 2.75) is 89.8 Å². The number of rotatable bonds is 15. The van der Waals surface area contributed by atoms with Crippen molar-refractivity contribution in [1.29, 1.82) is 0 Å². The van der Waals surface area contributed by atoms with Crippen molar-refractivity contribution < 1.29 is 19.4 Å². The number of aryl methyl sites for hydroxylation is 1. The summed E-state index contributed by atoms with van der Waals surface area (Å²) in [5, 5.41) is 10.5. The lowest BCUT2D eigenvalue weighted by molar-refractivity contribution is -0.140. The van der Waals surface area contributed by atoms with Crippen LogP contribution in [0.25, 0.3) is 0 Å². The predicted molar refractivity (Wildman–Crippen MR) is 137 cm³/mol. The summed E-state index contributed by atoms with van der Waals surface area (Å²) < 4.78 is 11.0. The number of aliphatic hydroxyl groups is 1. The third-order valence-electron chi connectivity index (χ3n) is 7.82. The number of fused-ring (bicyclic) bond motifs is 2. The number of carbonyl (C=O) groups is 1. The average Bonchev–Trinajstić information content (AvgIpc) is 3.41. The molecule has 4 heteroatoms. The molecule has 1 saturated heterocycles. The molecule has 1 aliphatic heterocycles. The van der Waals surface area contributed by atoms with Gasteiger partial charge in [-0.1, -0.05) is 80.8 Å². The molecule has 2 bridgehead atoms. The van der Waals surface area contributed by atoms with Gasteiger partial charge < -0.3 is 14.6 Å². The summed E-state index contributed by atoms with van der Waals surface area (Å²) in [4.78, 5) is 11.3. The summed E-state index contributed by atoms with van der Waals surface area (Å²) in [6.45, 7) is 3.03. The van der Waals surface area contributed by atoms with Crippen molar-refractivity contribution in [1.82, 2.24) is 0 Å². The molecule has 0 spiro atoms. The summed E-state index contributed by atoms with van der Waals surface area (Å²) in [5.74, 6) is 0.734. The molecule has 2 aliphatic rings. The lowest BCUT2D eigenvalue weighted by Crippen LogP contribution is -2.36. The van der Waals surface area contributed by atoms with Crippen LogP contribution in [-0.4, -0.2) is 37.0 Å². The fourth-order valence-corrected chi connectivity index (χ4v) is 5.81. The van der Waals surface area contributed by atoms with Gasteiger partial charge in [-0.2, -0.15) is 0 Å². The topological polar surface area (TPSA) is 55.8 Å². The number of carbonyl (C=O) groups excluding carboxylic acids is 1. The molecule has 5 atom stereocenters. The van der Waals surface area contributed by atoms with E-state index in [1.54, 1.807) is 0 Å². The second kappa shape index (κ2) is 13.8. The lowest BCUT2D eigenvalue weighted by Gasteiger charge is -2.38. The Kier molecular flexibility index (Phi) is 10.9. The standard InChI is InChI=1S/C30H44O4/c1-3-4-8-15-25(31)18-19-26-27(16-11-5-6-12-17-29(32)33-2)30(22-28(26)34-23-30)21-20-24-13-9-7-10-14-24/h5,7,9-11,13-14,18-19,25-28,31H,3-4,6,8,12,15-17,20-23H2,1-2H3/b11-5-,19-18+/t25-,26+,27+,28+,30+/m0/s1. The van der Waals surface area contributed by atoms with Gasteiger partial charge in [-0.25, -0.2) is 0 Å². The molecule has 3 rings (SSSR count). The Morgan fingerprint density at radius 2 is 2.06 bits per heavy atom. The van der Waals surface area contributed by atoms with Crippen LogP contribution in [0.1, 0.15) is 76.7 Å². The number of benzene rings is 1. The number of ether oxygens (including phenoxy) is 2. The van der Waals surface area contributed by atoms with E-state index in [-0.39, 0.29) is 23.6 Å². The second-order valence-corrected chi connectivity index (χ2v) is 10.2. The number of aliphatic hydroxyl groups excluding tert-OH is 1. The first-order valence-electron chi connectivity index (χ1n) is 13.3. The molecule has 0 amide bonds. The minimum Gasteiger partial charge on any atom is -0.469 e. The Hall–Kier alpha value is -1.91. The van der Waals surface area contributed by atoms with E-state index in [0.717, 1.165) is 58.0 Å². The van der Waals surface area contributed by atoms with Crippen LogP contribution >= 0.6 is 0 Å². The van der Waals surface area contributed by atoms with Crippen molar-refractivity contribution in [3.63, 3.8) is 0 Å². The summed E-state index contributed by atoms with van der Waals surface area (Å²) in [5.41, 5.74) is 1.58. The van der Waals surface area contributed by atoms with Crippen molar-refractivity contribution in [3.8, 4) is 0 Å². The molecule has 2 fully saturated rings. The van der Waals surface area contributed by atoms with Crippen molar-refractivity contribution in [2.75, 3.05) is 13.7 Å². The van der Waals surface area contributed by atoms with Crippen molar-refractivity contribution >= 4 is 5.97 Å². The highest BCUT2D eigenvalue weighted by Crippen LogP contribution is 2.58. The molecule has 0 radical (unpaired) electrons. The molecule has 1 aromatic carbocycles. The summed E-state index contributed by atoms with van der Waals surface area (Å²) >= 11 is 0. The van der Waals surface area contributed by atoms with Gasteiger partial charge in [0.1, 0.15) is 0 Å². The Morgan fingerprint density at radius 1 is 1.24 bits per heavy atom. The first-order valence-corrected chi connectivity index (χ1v) is 13.3. The normalized spacial score (nSPS) is 27.1. The SMILES string of the molecule is CCCCC[C@H](O)/C=C/[C@@H]1[C@@H](C/C=C\CCCC(=O)OC)[C@@]2(CCc3ccccc3)CO[C@@H]1C2. The van der Waals surface area contributed by atoms with E-state index in [9.17, 15) is 9.90 Å². The van der Waals surface area contributed by atoms with E-state index in [2.05, 4.69) is 55.5 Å². The molecule has 4 nitrogen and oxygen atoms in total. The van der Waals surface area contributed by atoms with E-state index in [1.807, 2.05) is 6.08 Å². The molecule has 34 heavy (non-hydrogen) atoms. The maximum Gasteiger partial charge on any atom is 0.305 e.